The zero-order valence-corrected chi connectivity index (χ0v) is 14.7. The number of fused-ring (bicyclic) bond motifs is 1. The van der Waals surface area contributed by atoms with Crippen LogP contribution in [0, 0.1) is 0 Å². The fourth-order valence-electron chi connectivity index (χ4n) is 2.39. The van der Waals surface area contributed by atoms with Gasteiger partial charge in [-0.25, -0.2) is 4.98 Å². The van der Waals surface area contributed by atoms with Crippen molar-refractivity contribution in [2.75, 3.05) is 12.8 Å². The first-order valence-corrected chi connectivity index (χ1v) is 8.94. The predicted octanol–water partition coefficient (Wildman–Crippen LogP) is 4.14. The Hall–Kier alpha value is -2.27. The Morgan fingerprint density at radius 2 is 1.83 bits per heavy atom. The Morgan fingerprint density at radius 3 is 2.54 bits per heavy atom. The van der Waals surface area contributed by atoms with Gasteiger partial charge in [0, 0.05) is 13.6 Å². The molecule has 3 rings (SSSR count). The SMILES string of the molecule is CCc1ccc(CN(C)C(=O)CSc2nc3ccccc3o2)cc1. The molecule has 24 heavy (non-hydrogen) atoms. The van der Waals surface area contributed by atoms with Crippen molar-refractivity contribution in [1.29, 1.82) is 0 Å². The lowest BCUT2D eigenvalue weighted by molar-refractivity contribution is -0.127. The van der Waals surface area contributed by atoms with Crippen LogP contribution in [0.25, 0.3) is 11.1 Å². The summed E-state index contributed by atoms with van der Waals surface area (Å²) in [4.78, 5) is 18.4. The van der Waals surface area contributed by atoms with Gasteiger partial charge < -0.3 is 9.32 Å². The molecule has 5 heteroatoms. The Labute approximate surface area is 145 Å². The summed E-state index contributed by atoms with van der Waals surface area (Å²) < 4.78 is 5.62. The summed E-state index contributed by atoms with van der Waals surface area (Å²) >= 11 is 1.33. The summed E-state index contributed by atoms with van der Waals surface area (Å²) in [6, 6.07) is 16.0. The number of amides is 1. The van der Waals surface area contributed by atoms with E-state index in [2.05, 4.69) is 36.2 Å². The minimum Gasteiger partial charge on any atom is -0.431 e. The molecule has 0 radical (unpaired) electrons. The number of carbonyl (C=O) groups excluding carboxylic acids is 1. The standard InChI is InChI=1S/C19H20N2O2S/c1-3-14-8-10-15(11-9-14)12-21(2)18(22)13-24-19-20-16-6-4-5-7-17(16)23-19/h4-11H,3,12-13H2,1-2H3. The van der Waals surface area contributed by atoms with Crippen LogP contribution in [-0.2, 0) is 17.8 Å². The van der Waals surface area contributed by atoms with Crippen LogP contribution in [0.5, 0.6) is 0 Å². The van der Waals surface area contributed by atoms with E-state index in [1.807, 2.05) is 31.3 Å². The maximum absolute atomic E-state index is 12.3. The van der Waals surface area contributed by atoms with Crippen molar-refractivity contribution in [3.05, 3.63) is 59.7 Å². The number of aromatic nitrogens is 1. The number of hydrogen-bond donors (Lipinski definition) is 0. The summed E-state index contributed by atoms with van der Waals surface area (Å²) in [6.07, 6.45) is 1.02. The van der Waals surface area contributed by atoms with Crippen molar-refractivity contribution in [2.45, 2.75) is 25.1 Å². The predicted molar refractivity (Wildman–Crippen MR) is 97.0 cm³/mol. The van der Waals surface area contributed by atoms with Crippen molar-refractivity contribution in [3.8, 4) is 0 Å². The average Bonchev–Trinajstić information content (AvgIpc) is 3.03. The van der Waals surface area contributed by atoms with Gasteiger partial charge in [0.05, 0.1) is 5.75 Å². The Morgan fingerprint density at radius 1 is 1.12 bits per heavy atom. The number of benzene rings is 2. The molecule has 0 unspecified atom stereocenters. The number of para-hydroxylation sites is 2. The highest BCUT2D eigenvalue weighted by Gasteiger charge is 2.13. The van der Waals surface area contributed by atoms with Gasteiger partial charge in [-0.1, -0.05) is 55.1 Å². The first-order valence-electron chi connectivity index (χ1n) is 7.96. The first-order chi connectivity index (χ1) is 11.7. The molecule has 2 aromatic carbocycles. The second-order valence-corrected chi connectivity index (χ2v) is 6.58. The molecule has 0 aliphatic heterocycles. The van der Waals surface area contributed by atoms with Crippen LogP contribution < -0.4 is 0 Å². The number of aryl methyl sites for hydroxylation is 1. The number of nitrogens with zero attached hydrogens (tertiary/aromatic N) is 2. The summed E-state index contributed by atoms with van der Waals surface area (Å²) in [7, 11) is 1.82. The summed E-state index contributed by atoms with van der Waals surface area (Å²) in [5.74, 6) is 0.373. The fourth-order valence-corrected chi connectivity index (χ4v) is 3.17. The van der Waals surface area contributed by atoms with Crippen molar-refractivity contribution < 1.29 is 9.21 Å². The van der Waals surface area contributed by atoms with E-state index in [0.29, 0.717) is 17.5 Å². The third kappa shape index (κ3) is 3.97. The van der Waals surface area contributed by atoms with Gasteiger partial charge in [0.25, 0.3) is 5.22 Å². The third-order valence-corrected chi connectivity index (χ3v) is 4.68. The highest BCUT2D eigenvalue weighted by atomic mass is 32.2. The van der Waals surface area contributed by atoms with E-state index in [0.717, 1.165) is 23.1 Å². The van der Waals surface area contributed by atoms with Crippen LogP contribution in [0.4, 0.5) is 0 Å². The number of oxazole rings is 1. The van der Waals surface area contributed by atoms with E-state index in [-0.39, 0.29) is 5.91 Å². The lowest BCUT2D eigenvalue weighted by atomic mass is 10.1. The van der Waals surface area contributed by atoms with Crippen LogP contribution >= 0.6 is 11.8 Å². The van der Waals surface area contributed by atoms with Crippen molar-refractivity contribution in [3.63, 3.8) is 0 Å². The maximum atomic E-state index is 12.3. The lowest BCUT2D eigenvalue weighted by Crippen LogP contribution is -2.27. The zero-order chi connectivity index (χ0) is 16.9. The van der Waals surface area contributed by atoms with E-state index in [9.17, 15) is 4.79 Å². The molecule has 3 aromatic rings. The molecule has 0 aliphatic rings. The molecular formula is C19H20N2O2S. The molecule has 0 bridgehead atoms. The molecule has 1 heterocycles. The molecule has 124 valence electrons. The second kappa shape index (κ2) is 7.53. The van der Waals surface area contributed by atoms with Crippen molar-refractivity contribution >= 4 is 28.8 Å². The molecule has 0 saturated heterocycles. The topological polar surface area (TPSA) is 46.3 Å². The largest absolute Gasteiger partial charge is 0.431 e. The fraction of sp³-hybridized carbons (Fsp3) is 0.263. The smallest absolute Gasteiger partial charge is 0.257 e. The van der Waals surface area contributed by atoms with Crippen molar-refractivity contribution in [2.24, 2.45) is 0 Å². The van der Waals surface area contributed by atoms with Gasteiger partial charge in [-0.2, -0.15) is 0 Å². The van der Waals surface area contributed by atoms with Crippen LogP contribution in [0.15, 0.2) is 58.2 Å². The highest BCUT2D eigenvalue weighted by molar-refractivity contribution is 7.99. The maximum Gasteiger partial charge on any atom is 0.257 e. The third-order valence-electron chi connectivity index (χ3n) is 3.87. The number of thioether (sulfide) groups is 1. The van der Waals surface area contributed by atoms with Gasteiger partial charge in [-0.15, -0.1) is 0 Å². The summed E-state index contributed by atoms with van der Waals surface area (Å²) in [5, 5.41) is 0.533. The molecule has 0 aliphatic carbocycles. The molecule has 0 spiro atoms. The van der Waals surface area contributed by atoms with Gasteiger partial charge in [0.15, 0.2) is 5.58 Å². The molecule has 1 amide bonds. The zero-order valence-electron chi connectivity index (χ0n) is 13.9. The van der Waals surface area contributed by atoms with Gasteiger partial charge >= 0.3 is 0 Å². The normalized spacial score (nSPS) is 10.9. The van der Waals surface area contributed by atoms with E-state index < -0.39 is 0 Å². The molecule has 0 fully saturated rings. The molecule has 0 atom stereocenters. The Balaban J connectivity index is 1.55. The highest BCUT2D eigenvalue weighted by Crippen LogP contribution is 2.23. The number of rotatable bonds is 6. The molecule has 1 aromatic heterocycles. The quantitative estimate of drug-likeness (QED) is 0.633. The monoisotopic (exact) mass is 340 g/mol. The Bertz CT molecular complexity index is 794. The summed E-state index contributed by atoms with van der Waals surface area (Å²) in [6.45, 7) is 2.74. The average molecular weight is 340 g/mol. The minimum atomic E-state index is 0.0572. The molecular weight excluding hydrogens is 320 g/mol. The van der Waals surface area contributed by atoms with Gasteiger partial charge in [-0.3, -0.25) is 4.79 Å². The first kappa shape index (κ1) is 16.6. The van der Waals surface area contributed by atoms with Crippen LogP contribution in [0.2, 0.25) is 0 Å². The van der Waals surface area contributed by atoms with E-state index in [4.69, 9.17) is 4.42 Å². The van der Waals surface area contributed by atoms with Gasteiger partial charge in [0.1, 0.15) is 5.52 Å². The Kier molecular flexibility index (Phi) is 5.20. The van der Waals surface area contributed by atoms with Crippen LogP contribution in [-0.4, -0.2) is 28.6 Å². The van der Waals surface area contributed by atoms with E-state index >= 15 is 0 Å². The van der Waals surface area contributed by atoms with Crippen LogP contribution in [0.3, 0.4) is 0 Å². The van der Waals surface area contributed by atoms with Gasteiger partial charge in [0.2, 0.25) is 5.91 Å². The van der Waals surface area contributed by atoms with E-state index in [1.54, 1.807) is 4.90 Å². The number of carbonyl (C=O) groups is 1. The van der Waals surface area contributed by atoms with Crippen molar-refractivity contribution in [1.82, 2.24) is 9.88 Å². The number of hydrogen-bond acceptors (Lipinski definition) is 4. The molecule has 4 nitrogen and oxygen atoms in total. The molecule has 0 N–H and O–H groups in total. The summed E-state index contributed by atoms with van der Waals surface area (Å²) in [5.41, 5.74) is 4.00. The van der Waals surface area contributed by atoms with E-state index in [1.165, 1.54) is 17.3 Å². The second-order valence-electron chi connectivity index (χ2n) is 5.66. The van der Waals surface area contributed by atoms with Crippen LogP contribution in [0.1, 0.15) is 18.1 Å². The van der Waals surface area contributed by atoms with Gasteiger partial charge in [-0.05, 0) is 29.7 Å². The molecule has 0 saturated carbocycles. The minimum absolute atomic E-state index is 0.0572. The lowest BCUT2D eigenvalue weighted by Gasteiger charge is -2.16.